The molecule has 0 unspecified atom stereocenters. The third-order valence-corrected chi connectivity index (χ3v) is 0. The molecule has 0 aliphatic carbocycles. The number of hydrogen-bond acceptors (Lipinski definition) is 0. The summed E-state index contributed by atoms with van der Waals surface area (Å²) in [5, 5.41) is 0. The van der Waals surface area contributed by atoms with Crippen molar-refractivity contribution in [1.29, 1.82) is 0 Å². The van der Waals surface area contributed by atoms with Crippen molar-refractivity contribution in [1.82, 2.24) is 0 Å². The van der Waals surface area contributed by atoms with E-state index in [2.05, 4.69) is 0 Å². The molecule has 0 bridgehead atoms. The van der Waals surface area contributed by atoms with Gasteiger partial charge in [0.25, 0.3) is 0 Å². The van der Waals surface area contributed by atoms with E-state index in [9.17, 15) is 0 Å². The van der Waals surface area contributed by atoms with Gasteiger partial charge in [-0.15, -0.1) is 0 Å². The molecule has 0 saturated carbocycles. The van der Waals surface area contributed by atoms with Crippen LogP contribution in [0.25, 0.3) is 0 Å². The molecule has 0 aliphatic heterocycles. The van der Waals surface area contributed by atoms with Gasteiger partial charge in [0.05, 0.1) is 0 Å². The van der Waals surface area contributed by atoms with E-state index in [-0.39, 0.29) is 169 Å². The molecule has 0 fully saturated rings. The van der Waals surface area contributed by atoms with Gasteiger partial charge in [-0.05, 0) is 0 Å². The minimum Gasteiger partial charge on any atom is -1.00 e. The Bertz CT molecular complexity index is 15.8. The number of rotatable bonds is 0. The quantitative estimate of drug-likeness (QED) is 0.176. The minimum absolute atomic E-state index is 0. The minimum atomic E-state index is 0. The third-order valence-electron chi connectivity index (χ3n) is 0. The predicted molar refractivity (Wildman–Crippen MR) is 5.75 cm³/mol. The number of halogens is 7. The average molecular weight is 685 g/mol. The second-order valence-corrected chi connectivity index (χ2v) is 0. The van der Waals surface area contributed by atoms with Gasteiger partial charge in [-0.25, -0.2) is 0 Å². The van der Waals surface area contributed by atoms with Crippen molar-refractivity contribution in [3.05, 3.63) is 0 Å². The summed E-state index contributed by atoms with van der Waals surface area (Å²) < 4.78 is 0. The molecular formula is Cl4I3InTi. The monoisotopic (exact) mass is 683 g/mol. The SMILES string of the molecule is [Cl-].[Cl-].[Cl-].[Cl-].[I-].[I-].[I-].[In+3].[Ti+4]. The van der Waals surface area contributed by atoms with Gasteiger partial charge in [0.15, 0.2) is 0 Å². The zero-order valence-corrected chi connectivity index (χ0v) is 18.1. The molecule has 0 spiro atoms. The third kappa shape index (κ3) is 63.5. The van der Waals surface area contributed by atoms with Crippen LogP contribution >= 0.6 is 0 Å². The van der Waals surface area contributed by atoms with Gasteiger partial charge in [0, 0.05) is 0 Å². The first-order valence-corrected chi connectivity index (χ1v) is 0. The van der Waals surface area contributed by atoms with Gasteiger partial charge in [-0.3, -0.25) is 0 Å². The Labute approximate surface area is 165 Å². The normalized spacial score (nSPS) is 0. The molecule has 0 aromatic heterocycles. The maximum atomic E-state index is 0. The molecular weight excluding hydrogens is 685 g/mol. The van der Waals surface area contributed by atoms with Gasteiger partial charge in [0.2, 0.25) is 0 Å². The topological polar surface area (TPSA) is 0 Å². The molecule has 0 nitrogen and oxygen atoms in total. The van der Waals surface area contributed by atoms with Crippen LogP contribution in [0.3, 0.4) is 0 Å². The Balaban J connectivity index is 0. The van der Waals surface area contributed by atoms with Crippen LogP contribution in [0.15, 0.2) is 0 Å². The Hall–Kier alpha value is 4.93. The van der Waals surface area contributed by atoms with Crippen LogP contribution in [0.4, 0.5) is 0 Å². The molecule has 0 aromatic carbocycles. The molecule has 0 aromatic rings. The first-order valence-electron chi connectivity index (χ1n) is 0. The molecule has 56 valence electrons. The van der Waals surface area contributed by atoms with E-state index in [1.807, 2.05) is 0 Å². The van der Waals surface area contributed by atoms with Crippen LogP contribution < -0.4 is 122 Å². The Morgan fingerprint density at radius 2 is 0.444 bits per heavy atom. The fraction of sp³-hybridized carbons (Fsp3) is 0. The summed E-state index contributed by atoms with van der Waals surface area (Å²) >= 11 is 0. The van der Waals surface area contributed by atoms with Crippen molar-refractivity contribution < 1.29 is 143 Å². The maximum absolute atomic E-state index is 0. The van der Waals surface area contributed by atoms with Crippen molar-refractivity contribution in [2.45, 2.75) is 0 Å². The van der Waals surface area contributed by atoms with Gasteiger partial charge >= 0.3 is 47.6 Å². The predicted octanol–water partition coefficient (Wildman–Crippen LogP) is -21.4. The van der Waals surface area contributed by atoms with Crippen LogP contribution in [-0.2, 0) is 21.7 Å². The molecule has 0 saturated heterocycles. The van der Waals surface area contributed by atoms with Crippen LogP contribution in [0.5, 0.6) is 0 Å². The average Bonchev–Trinajstić information content (AvgIpc) is 0. The molecule has 0 heterocycles. The smallest absolute Gasteiger partial charge is 1.00 e. The summed E-state index contributed by atoms with van der Waals surface area (Å²) in [5.41, 5.74) is 0. The molecule has 0 atom stereocenters. The second kappa shape index (κ2) is 75.7. The second-order valence-electron chi connectivity index (χ2n) is 0. The molecule has 0 rings (SSSR count). The molecule has 0 N–H and O–H groups in total. The maximum Gasteiger partial charge on any atom is 4.00 e. The summed E-state index contributed by atoms with van der Waals surface area (Å²) in [6.07, 6.45) is 0. The van der Waals surface area contributed by atoms with Crippen LogP contribution in [0, 0.1) is 0 Å². The van der Waals surface area contributed by atoms with Crippen molar-refractivity contribution >= 4 is 25.8 Å². The molecule has 9 heavy (non-hydrogen) atoms. The number of hydrogen-bond donors (Lipinski definition) is 0. The van der Waals surface area contributed by atoms with Crippen LogP contribution in [0.1, 0.15) is 0 Å². The summed E-state index contributed by atoms with van der Waals surface area (Å²) in [5.74, 6) is 0. The summed E-state index contributed by atoms with van der Waals surface area (Å²) in [6.45, 7) is 0. The van der Waals surface area contributed by atoms with Crippen molar-refractivity contribution in [3.63, 3.8) is 0 Å². The van der Waals surface area contributed by atoms with Gasteiger partial charge < -0.3 is 122 Å². The van der Waals surface area contributed by atoms with E-state index in [4.69, 9.17) is 0 Å². The van der Waals surface area contributed by atoms with Gasteiger partial charge in [-0.1, -0.05) is 0 Å². The van der Waals surface area contributed by atoms with Gasteiger partial charge in [0.1, 0.15) is 0 Å². The molecule has 9 heteroatoms. The van der Waals surface area contributed by atoms with Crippen LogP contribution in [0.2, 0.25) is 0 Å². The van der Waals surface area contributed by atoms with Crippen molar-refractivity contribution in [2.75, 3.05) is 0 Å². The van der Waals surface area contributed by atoms with E-state index in [1.165, 1.54) is 0 Å². The molecule has 0 aliphatic rings. The summed E-state index contributed by atoms with van der Waals surface area (Å²) in [7, 11) is 0. The molecule has 0 amide bonds. The van der Waals surface area contributed by atoms with Crippen molar-refractivity contribution in [3.8, 4) is 0 Å². The van der Waals surface area contributed by atoms with Crippen molar-refractivity contribution in [2.24, 2.45) is 0 Å². The first-order chi connectivity index (χ1) is 0. The Kier molecular flexibility index (Phi) is 805. The van der Waals surface area contributed by atoms with Crippen LogP contribution in [-0.4, -0.2) is 25.8 Å². The van der Waals surface area contributed by atoms with E-state index in [1.54, 1.807) is 0 Å². The van der Waals surface area contributed by atoms with Gasteiger partial charge in [-0.2, -0.15) is 0 Å². The summed E-state index contributed by atoms with van der Waals surface area (Å²) in [6, 6.07) is 0. The van der Waals surface area contributed by atoms with E-state index in [0.29, 0.717) is 0 Å². The fourth-order valence-corrected chi connectivity index (χ4v) is 0. The standard InChI is InChI=1S/4ClH.3HI.In.Ti/h7*1H;;/q;;;;;;;+3;+4/p-7. The zero-order valence-electron chi connectivity index (χ0n) is 3.72. The molecule has 0 radical (unpaired) electrons. The largest absolute Gasteiger partial charge is 4.00 e. The first kappa shape index (κ1) is 95.7. The zero-order chi connectivity index (χ0) is 0. The summed E-state index contributed by atoms with van der Waals surface area (Å²) in [4.78, 5) is 0. The van der Waals surface area contributed by atoms with E-state index in [0.717, 1.165) is 0 Å². The van der Waals surface area contributed by atoms with E-state index < -0.39 is 0 Å². The van der Waals surface area contributed by atoms with E-state index >= 15 is 0 Å². The Morgan fingerprint density at radius 1 is 0.444 bits per heavy atom. The fourth-order valence-electron chi connectivity index (χ4n) is 0. The Morgan fingerprint density at radius 3 is 0.444 bits per heavy atom.